The van der Waals surface area contributed by atoms with Gasteiger partial charge in [0.15, 0.2) is 12.3 Å². The number of carbonyl (C=O) groups is 1. The number of carbonyl (C=O) groups excluding carboxylic acids is 1. The Morgan fingerprint density at radius 1 is 1.15 bits per heavy atom. The van der Waals surface area contributed by atoms with E-state index < -0.39 is 5.91 Å². The monoisotopic (exact) mass is 479 g/mol. The van der Waals surface area contributed by atoms with Crippen LogP contribution in [0.4, 0.5) is 5.69 Å². The molecule has 1 aromatic heterocycles. The van der Waals surface area contributed by atoms with Gasteiger partial charge in [-0.1, -0.05) is 6.07 Å². The molecule has 0 aliphatic heterocycles. The maximum Gasteiger partial charge on any atom is 0.302 e. The van der Waals surface area contributed by atoms with Crippen LogP contribution in [-0.4, -0.2) is 22.6 Å². The zero-order valence-electron chi connectivity index (χ0n) is 14.0. The Bertz CT molecular complexity index is 1030. The molecule has 1 amide bonds. The molecule has 1 heterocycles. The molecule has 0 spiro atoms. The van der Waals surface area contributed by atoms with Crippen molar-refractivity contribution in [3.05, 3.63) is 50.4 Å². The molecule has 0 unspecified atom stereocenters. The fraction of sp³-hybridized carbons (Fsp3) is 0.167. The third-order valence-electron chi connectivity index (χ3n) is 3.66. The smallest absolute Gasteiger partial charge is 0.302 e. The summed E-state index contributed by atoms with van der Waals surface area (Å²) in [6.45, 7) is 3.63. The van der Waals surface area contributed by atoms with E-state index in [4.69, 9.17) is 4.74 Å². The molecule has 2 aromatic carbocycles. The number of aryl methyl sites for hydroxylation is 2. The Labute approximate surface area is 166 Å². The number of H-pyrrole nitrogens is 1. The molecule has 2 N–H and O–H groups in total. The molecular formula is C18H15Br2N3O3. The van der Waals surface area contributed by atoms with E-state index >= 15 is 0 Å². The van der Waals surface area contributed by atoms with Crippen LogP contribution in [0.3, 0.4) is 0 Å². The summed E-state index contributed by atoms with van der Waals surface area (Å²) in [6, 6.07) is 9.32. The number of aromatic hydroxyl groups is 1. The van der Waals surface area contributed by atoms with Gasteiger partial charge in [-0.05, 0) is 81.1 Å². The molecule has 0 bridgehead atoms. The molecule has 0 aliphatic carbocycles. The van der Waals surface area contributed by atoms with Crippen molar-refractivity contribution in [2.24, 2.45) is 10.2 Å². The van der Waals surface area contributed by atoms with E-state index in [2.05, 4.69) is 47.1 Å². The number of aromatic nitrogens is 1. The van der Waals surface area contributed by atoms with Crippen LogP contribution in [0.5, 0.6) is 11.6 Å². The maximum absolute atomic E-state index is 12.0. The van der Waals surface area contributed by atoms with Crippen LogP contribution < -0.4 is 4.74 Å². The normalized spacial score (nSPS) is 11.4. The highest BCUT2D eigenvalue weighted by Gasteiger charge is 2.14. The number of nitrogens with one attached hydrogen (secondary N) is 1. The second kappa shape index (κ2) is 7.59. The highest BCUT2D eigenvalue weighted by Crippen LogP contribution is 2.39. The second-order valence-corrected chi connectivity index (χ2v) is 7.52. The number of ether oxygens (including phenoxy) is 1. The van der Waals surface area contributed by atoms with Crippen molar-refractivity contribution in [3.8, 4) is 11.6 Å². The number of fused-ring (bicyclic) bond motifs is 1. The minimum atomic E-state index is -0.557. The predicted molar refractivity (Wildman–Crippen MR) is 106 cm³/mol. The third kappa shape index (κ3) is 3.96. The summed E-state index contributed by atoms with van der Waals surface area (Å²) < 4.78 is 7.01. The van der Waals surface area contributed by atoms with Crippen molar-refractivity contribution < 1.29 is 14.6 Å². The van der Waals surface area contributed by atoms with Crippen LogP contribution in [0, 0.1) is 13.8 Å². The van der Waals surface area contributed by atoms with Crippen molar-refractivity contribution in [2.45, 2.75) is 13.8 Å². The predicted octanol–water partition coefficient (Wildman–Crippen LogP) is 5.70. The number of benzene rings is 2. The molecule has 26 heavy (non-hydrogen) atoms. The van der Waals surface area contributed by atoms with Gasteiger partial charge in [0.05, 0.1) is 9.99 Å². The molecule has 8 heteroatoms. The Kier molecular flexibility index (Phi) is 5.43. The third-order valence-corrected chi connectivity index (χ3v) is 4.90. The molecular weight excluding hydrogens is 466 g/mol. The molecule has 134 valence electrons. The lowest BCUT2D eigenvalue weighted by Gasteiger charge is -2.06. The van der Waals surface area contributed by atoms with Crippen molar-refractivity contribution in [2.75, 3.05) is 6.61 Å². The highest BCUT2D eigenvalue weighted by molar-refractivity contribution is 9.11. The van der Waals surface area contributed by atoms with Crippen LogP contribution in [0.1, 0.15) is 11.1 Å². The lowest BCUT2D eigenvalue weighted by Crippen LogP contribution is -2.08. The molecule has 0 saturated carbocycles. The summed E-state index contributed by atoms with van der Waals surface area (Å²) in [5, 5.41) is 18.3. The van der Waals surface area contributed by atoms with E-state index in [1.54, 1.807) is 6.07 Å². The number of aromatic amines is 1. The summed E-state index contributed by atoms with van der Waals surface area (Å²) in [5.41, 5.74) is 2.97. The van der Waals surface area contributed by atoms with Crippen LogP contribution in [-0.2, 0) is 4.79 Å². The molecule has 0 saturated heterocycles. The topological polar surface area (TPSA) is 87.0 Å². The minimum absolute atomic E-state index is 0.148. The first-order valence-electron chi connectivity index (χ1n) is 7.69. The van der Waals surface area contributed by atoms with Gasteiger partial charge >= 0.3 is 5.91 Å². The van der Waals surface area contributed by atoms with E-state index in [-0.39, 0.29) is 18.2 Å². The first-order chi connectivity index (χ1) is 12.3. The lowest BCUT2D eigenvalue weighted by atomic mass is 10.1. The van der Waals surface area contributed by atoms with Gasteiger partial charge in [0.1, 0.15) is 5.75 Å². The van der Waals surface area contributed by atoms with E-state index in [1.165, 1.54) is 0 Å². The first-order valence-corrected chi connectivity index (χ1v) is 9.28. The van der Waals surface area contributed by atoms with E-state index in [0.717, 1.165) is 20.1 Å². The number of nitrogens with zero attached hydrogens (tertiary/aromatic N) is 2. The fourth-order valence-electron chi connectivity index (χ4n) is 2.46. The zero-order chi connectivity index (χ0) is 18.8. The summed E-state index contributed by atoms with van der Waals surface area (Å²) in [5.74, 6) is -0.156. The van der Waals surface area contributed by atoms with Crippen molar-refractivity contribution in [3.63, 3.8) is 0 Å². The quantitative estimate of drug-likeness (QED) is 0.469. The summed E-state index contributed by atoms with van der Waals surface area (Å²) >= 11 is 6.82. The van der Waals surface area contributed by atoms with Gasteiger partial charge in [-0.2, -0.15) is 0 Å². The lowest BCUT2D eigenvalue weighted by molar-refractivity contribution is -0.120. The van der Waals surface area contributed by atoms with Gasteiger partial charge in [0, 0.05) is 9.86 Å². The van der Waals surface area contributed by atoms with Gasteiger partial charge in [0.2, 0.25) is 5.88 Å². The fourth-order valence-corrected chi connectivity index (χ4v) is 3.74. The largest absolute Gasteiger partial charge is 0.493 e. The zero-order valence-corrected chi connectivity index (χ0v) is 17.2. The van der Waals surface area contributed by atoms with Gasteiger partial charge in [-0.15, -0.1) is 10.2 Å². The number of hydrogen-bond donors (Lipinski definition) is 2. The Hall–Kier alpha value is -2.19. The van der Waals surface area contributed by atoms with Gasteiger partial charge < -0.3 is 14.8 Å². The van der Waals surface area contributed by atoms with Crippen molar-refractivity contribution in [1.82, 2.24) is 4.98 Å². The molecule has 0 fully saturated rings. The van der Waals surface area contributed by atoms with Crippen molar-refractivity contribution >= 4 is 54.4 Å². The SMILES string of the molecule is Cc1ccc(OCC(=O)N=Nc2c(O)[nH]c3c(Br)cc(C)cc23)c(Br)c1. The summed E-state index contributed by atoms with van der Waals surface area (Å²) in [6.07, 6.45) is 0. The number of halogens is 2. The minimum Gasteiger partial charge on any atom is -0.493 e. The number of amides is 1. The molecule has 6 nitrogen and oxygen atoms in total. The number of hydrogen-bond acceptors (Lipinski definition) is 4. The van der Waals surface area contributed by atoms with Gasteiger partial charge in [0.25, 0.3) is 0 Å². The first kappa shape index (κ1) is 18.6. The van der Waals surface area contributed by atoms with E-state index in [0.29, 0.717) is 16.7 Å². The second-order valence-electron chi connectivity index (χ2n) is 5.81. The molecule has 3 rings (SSSR count). The summed E-state index contributed by atoms with van der Waals surface area (Å²) in [7, 11) is 0. The Balaban J connectivity index is 1.76. The van der Waals surface area contributed by atoms with Crippen molar-refractivity contribution in [1.29, 1.82) is 0 Å². The average Bonchev–Trinajstić information content (AvgIpc) is 2.88. The Morgan fingerprint density at radius 2 is 1.88 bits per heavy atom. The number of rotatable bonds is 4. The van der Waals surface area contributed by atoms with Crippen LogP contribution in [0.25, 0.3) is 10.9 Å². The van der Waals surface area contributed by atoms with E-state index in [1.807, 2.05) is 38.1 Å². The van der Waals surface area contributed by atoms with Crippen LogP contribution >= 0.6 is 31.9 Å². The van der Waals surface area contributed by atoms with Gasteiger partial charge in [-0.3, -0.25) is 4.79 Å². The average molecular weight is 481 g/mol. The highest BCUT2D eigenvalue weighted by atomic mass is 79.9. The molecule has 0 aliphatic rings. The van der Waals surface area contributed by atoms with Crippen LogP contribution in [0.2, 0.25) is 0 Å². The van der Waals surface area contributed by atoms with E-state index in [9.17, 15) is 9.90 Å². The Morgan fingerprint density at radius 3 is 2.62 bits per heavy atom. The number of azo groups is 1. The van der Waals surface area contributed by atoms with Gasteiger partial charge in [-0.25, -0.2) is 0 Å². The standard InChI is InChI=1S/C18H15Br2N3O3/c1-9-3-4-14(12(19)6-9)26-8-15(24)22-23-17-11-5-10(2)7-13(20)16(11)21-18(17)25/h3-7,21,25H,8H2,1-2H3. The maximum atomic E-state index is 12.0. The molecule has 3 aromatic rings. The summed E-state index contributed by atoms with van der Waals surface area (Å²) in [4.78, 5) is 14.8. The molecule has 0 atom stereocenters. The van der Waals surface area contributed by atoms with Crippen LogP contribution in [0.15, 0.2) is 49.5 Å². The molecule has 0 radical (unpaired) electrons.